The van der Waals surface area contributed by atoms with Gasteiger partial charge in [0.25, 0.3) is 0 Å². The molecule has 0 saturated carbocycles. The molecule has 2 rings (SSSR count). The fraction of sp³-hybridized carbons (Fsp3) is 0.562. The van der Waals surface area contributed by atoms with Gasteiger partial charge in [-0.2, -0.15) is 0 Å². The summed E-state index contributed by atoms with van der Waals surface area (Å²) in [4.78, 5) is 0. The lowest BCUT2D eigenvalue weighted by Gasteiger charge is -2.25. The molecule has 0 fully saturated rings. The van der Waals surface area contributed by atoms with Crippen LogP contribution in [0.5, 0.6) is 0 Å². The van der Waals surface area contributed by atoms with E-state index >= 15 is 0 Å². The van der Waals surface area contributed by atoms with Gasteiger partial charge in [-0.05, 0) is 56.4 Å². The van der Waals surface area contributed by atoms with Crippen molar-refractivity contribution in [2.75, 3.05) is 26.3 Å². The molecule has 2 aliphatic carbocycles. The quantitative estimate of drug-likeness (QED) is 0.190. The molecule has 0 bridgehead atoms. The predicted molar refractivity (Wildman–Crippen MR) is 159 cm³/mol. The summed E-state index contributed by atoms with van der Waals surface area (Å²) >= 11 is 0. The van der Waals surface area contributed by atoms with E-state index in [1.165, 1.54) is 12.0 Å². The maximum Gasteiger partial charge on any atom is 0.135 e. The van der Waals surface area contributed by atoms with Crippen molar-refractivity contribution in [3.8, 4) is 0 Å². The van der Waals surface area contributed by atoms with Gasteiger partial charge in [0.05, 0.1) is 19.3 Å². The molecule has 0 aliphatic heterocycles. The summed E-state index contributed by atoms with van der Waals surface area (Å²) in [7, 11) is 0. The fourth-order valence-electron chi connectivity index (χ4n) is 3.66. The van der Waals surface area contributed by atoms with Crippen LogP contribution in [0.15, 0.2) is 83.7 Å². The average molecular weight is 499 g/mol. The van der Waals surface area contributed by atoms with Crippen molar-refractivity contribution in [3.63, 3.8) is 0 Å². The molecule has 4 heteroatoms. The lowest BCUT2D eigenvalue weighted by molar-refractivity contribution is 0.155. The van der Waals surface area contributed by atoms with E-state index in [1.54, 1.807) is 0 Å². The molecule has 0 spiro atoms. The van der Waals surface area contributed by atoms with Crippen molar-refractivity contribution in [2.24, 2.45) is 5.73 Å². The molecule has 2 aliphatic rings. The van der Waals surface area contributed by atoms with Crippen LogP contribution in [-0.2, 0) is 9.47 Å². The van der Waals surface area contributed by atoms with Crippen molar-refractivity contribution in [1.29, 1.82) is 0 Å². The Morgan fingerprint density at radius 3 is 2.33 bits per heavy atom. The van der Waals surface area contributed by atoms with Gasteiger partial charge in [0.1, 0.15) is 11.9 Å². The molecule has 0 saturated heterocycles. The fourth-order valence-corrected chi connectivity index (χ4v) is 3.66. The van der Waals surface area contributed by atoms with Crippen LogP contribution >= 0.6 is 0 Å². The maximum atomic E-state index is 6.50. The monoisotopic (exact) mass is 498 g/mol. The number of nitrogens with one attached hydrogen (secondary N) is 1. The van der Waals surface area contributed by atoms with Gasteiger partial charge in [0.15, 0.2) is 0 Å². The van der Waals surface area contributed by atoms with E-state index in [0.717, 1.165) is 56.6 Å². The smallest absolute Gasteiger partial charge is 0.135 e. The SMILES string of the molecule is CC.CC.CC/C=C\C=C/CCOCC1=CC(CN)=C(OC2C=CC=CC=C2)C(NCCCC)CC1. The zero-order chi connectivity index (χ0) is 26.9. The highest BCUT2D eigenvalue weighted by Crippen LogP contribution is 2.26. The minimum atomic E-state index is -0.0863. The van der Waals surface area contributed by atoms with Crippen LogP contribution < -0.4 is 11.1 Å². The van der Waals surface area contributed by atoms with Crippen molar-refractivity contribution in [3.05, 3.63) is 83.7 Å². The van der Waals surface area contributed by atoms with E-state index < -0.39 is 0 Å². The van der Waals surface area contributed by atoms with Crippen molar-refractivity contribution < 1.29 is 9.47 Å². The number of hydrogen-bond donors (Lipinski definition) is 2. The van der Waals surface area contributed by atoms with E-state index in [9.17, 15) is 0 Å². The number of unbranched alkanes of at least 4 members (excludes halogenated alkanes) is 1. The lowest BCUT2D eigenvalue weighted by Crippen LogP contribution is -2.34. The van der Waals surface area contributed by atoms with Gasteiger partial charge < -0.3 is 20.5 Å². The Hall–Kier alpha value is -2.14. The maximum absolute atomic E-state index is 6.50. The minimum absolute atomic E-state index is 0.0863. The summed E-state index contributed by atoms with van der Waals surface area (Å²) in [5.74, 6) is 0.977. The zero-order valence-corrected chi connectivity index (χ0v) is 24.0. The van der Waals surface area contributed by atoms with Crippen LogP contribution in [-0.4, -0.2) is 38.4 Å². The second-order valence-electron chi connectivity index (χ2n) is 8.14. The van der Waals surface area contributed by atoms with Crippen molar-refractivity contribution in [1.82, 2.24) is 5.32 Å². The Labute approximate surface area is 222 Å². The van der Waals surface area contributed by atoms with Gasteiger partial charge in [-0.1, -0.05) is 103 Å². The highest BCUT2D eigenvalue weighted by atomic mass is 16.5. The Kier molecular flexibility index (Phi) is 23.1. The average Bonchev–Trinajstić information content (AvgIpc) is 3.28. The molecule has 0 aromatic carbocycles. The molecule has 1 unspecified atom stereocenters. The lowest BCUT2D eigenvalue weighted by atomic mass is 10.1. The topological polar surface area (TPSA) is 56.5 Å². The Morgan fingerprint density at radius 2 is 1.69 bits per heavy atom. The minimum Gasteiger partial charge on any atom is -0.485 e. The molecule has 0 heterocycles. The van der Waals surface area contributed by atoms with E-state index in [1.807, 2.05) is 52.0 Å². The highest BCUT2D eigenvalue weighted by Gasteiger charge is 2.24. The molecule has 204 valence electrons. The Bertz CT molecular complexity index is 725. The van der Waals surface area contributed by atoms with Gasteiger partial charge in [-0.15, -0.1) is 0 Å². The third-order valence-electron chi connectivity index (χ3n) is 5.44. The second-order valence-corrected chi connectivity index (χ2v) is 8.14. The van der Waals surface area contributed by atoms with Gasteiger partial charge in [-0.3, -0.25) is 0 Å². The molecule has 0 radical (unpaired) electrons. The summed E-state index contributed by atoms with van der Waals surface area (Å²) in [5, 5.41) is 3.71. The standard InChI is InChI=1S/C28H42N2O2.2C2H6/c1-3-5-7-8-11-14-20-31-23-24-17-18-27(30-19-6-4-2)28(25(21-24)22-29)32-26-15-12-9-10-13-16-26;2*1-2/h5,7-13,15-16,21,26-27,30H,3-4,6,14,17-20,22-23,29H2,1-2H3;2*1-2H3/b7-5-,11-8-;;. The molecule has 0 amide bonds. The Morgan fingerprint density at radius 1 is 1.00 bits per heavy atom. The summed E-state index contributed by atoms with van der Waals surface area (Å²) in [6, 6.07) is 0.167. The van der Waals surface area contributed by atoms with Gasteiger partial charge in [-0.25, -0.2) is 0 Å². The number of allylic oxidation sites excluding steroid dienone is 7. The first-order chi connectivity index (χ1) is 17.8. The molecule has 0 aromatic heterocycles. The largest absolute Gasteiger partial charge is 0.485 e. The van der Waals surface area contributed by atoms with Crippen molar-refractivity contribution >= 4 is 0 Å². The molecule has 36 heavy (non-hydrogen) atoms. The van der Waals surface area contributed by atoms with Gasteiger partial charge >= 0.3 is 0 Å². The molecule has 1 atom stereocenters. The van der Waals surface area contributed by atoms with Crippen molar-refractivity contribution in [2.45, 2.75) is 92.2 Å². The van der Waals surface area contributed by atoms with Crippen LogP contribution in [0, 0.1) is 0 Å². The molecular weight excluding hydrogens is 444 g/mol. The first kappa shape index (κ1) is 33.9. The summed E-state index contributed by atoms with van der Waals surface area (Å²) in [6.45, 7) is 15.2. The second kappa shape index (κ2) is 24.5. The van der Waals surface area contributed by atoms with E-state index in [2.05, 4.69) is 61.7 Å². The first-order valence-electron chi connectivity index (χ1n) is 14.2. The van der Waals surface area contributed by atoms with Gasteiger partial charge in [0.2, 0.25) is 0 Å². The van der Waals surface area contributed by atoms with Gasteiger partial charge in [0, 0.05) is 12.1 Å². The van der Waals surface area contributed by atoms with E-state index in [0.29, 0.717) is 13.2 Å². The van der Waals surface area contributed by atoms with Crippen LogP contribution in [0.3, 0.4) is 0 Å². The number of hydrogen-bond acceptors (Lipinski definition) is 4. The van der Waals surface area contributed by atoms with Crippen LogP contribution in [0.25, 0.3) is 0 Å². The third-order valence-corrected chi connectivity index (χ3v) is 5.44. The first-order valence-corrected chi connectivity index (χ1v) is 14.2. The highest BCUT2D eigenvalue weighted by molar-refractivity contribution is 5.34. The number of rotatable bonds is 14. The summed E-state index contributed by atoms with van der Waals surface area (Å²) in [5.41, 5.74) is 8.55. The normalized spacial score (nSPS) is 17.9. The van der Waals surface area contributed by atoms with E-state index in [-0.39, 0.29) is 12.1 Å². The van der Waals surface area contributed by atoms with Crippen LogP contribution in [0.2, 0.25) is 0 Å². The molecule has 3 N–H and O–H groups in total. The number of nitrogens with two attached hydrogens (primary N) is 1. The Balaban J connectivity index is 0.00000291. The molecule has 0 aromatic rings. The predicted octanol–water partition coefficient (Wildman–Crippen LogP) is 7.73. The number of ether oxygens (including phenoxy) is 2. The summed E-state index contributed by atoms with van der Waals surface area (Å²) in [6.07, 6.45) is 29.1. The summed E-state index contributed by atoms with van der Waals surface area (Å²) < 4.78 is 12.5. The molecular formula is C32H54N2O2. The van der Waals surface area contributed by atoms with E-state index in [4.69, 9.17) is 15.2 Å². The van der Waals surface area contributed by atoms with Crippen LogP contribution in [0.4, 0.5) is 0 Å². The molecule has 4 nitrogen and oxygen atoms in total. The third kappa shape index (κ3) is 15.1. The zero-order valence-electron chi connectivity index (χ0n) is 24.0. The van der Waals surface area contributed by atoms with Crippen LogP contribution in [0.1, 0.15) is 80.1 Å².